The molecule has 0 spiro atoms. The van der Waals surface area contributed by atoms with Crippen LogP contribution in [0, 0.1) is 18.3 Å². The van der Waals surface area contributed by atoms with E-state index in [-0.39, 0.29) is 0 Å². The molecule has 1 aromatic heterocycles. The molecule has 0 aliphatic carbocycles. The third kappa shape index (κ3) is 5.61. The maximum Gasteiger partial charge on any atom is 0.115 e. The van der Waals surface area contributed by atoms with E-state index in [1.165, 1.54) is 37.3 Å². The Bertz CT molecular complexity index is 1300. The molecule has 2 aromatic carbocycles. The molecule has 5 heteroatoms. The maximum atomic E-state index is 8.94. The molecule has 0 radical (unpaired) electrons. The highest BCUT2D eigenvalue weighted by Gasteiger charge is 2.29. The molecule has 180 valence electrons. The topological polar surface area (TPSA) is 42.3 Å². The van der Waals surface area contributed by atoms with E-state index in [9.17, 15) is 0 Å². The quantitative estimate of drug-likeness (QED) is 0.473. The fourth-order valence-electron chi connectivity index (χ4n) is 5.31. The number of nitriles is 1. The number of fused-ring (bicyclic) bond motifs is 2. The number of rotatable bonds is 8. The maximum absolute atomic E-state index is 8.94. The second-order valence-corrected chi connectivity index (χ2v) is 10.9. The van der Waals surface area contributed by atoms with Crippen molar-refractivity contribution in [2.24, 2.45) is 0 Å². The highest BCUT2D eigenvalue weighted by Crippen LogP contribution is 2.25. The van der Waals surface area contributed by atoms with Crippen molar-refractivity contribution in [3.8, 4) is 6.07 Å². The molecule has 3 aromatic rings. The van der Waals surface area contributed by atoms with Crippen LogP contribution in [0.2, 0.25) is 0 Å². The van der Waals surface area contributed by atoms with Gasteiger partial charge in [-0.1, -0.05) is 48.5 Å². The molecular weight excluding hydrogens is 448 g/mol. The van der Waals surface area contributed by atoms with Gasteiger partial charge in [-0.15, -0.1) is 11.3 Å². The monoisotopic (exact) mass is 482 g/mol. The van der Waals surface area contributed by atoms with E-state index in [2.05, 4.69) is 94.8 Å². The predicted octanol–water partition coefficient (Wildman–Crippen LogP) is 4.69. The van der Waals surface area contributed by atoms with E-state index in [0.29, 0.717) is 12.5 Å². The van der Waals surface area contributed by atoms with Crippen LogP contribution in [0.25, 0.3) is 11.9 Å². The second-order valence-electron chi connectivity index (χ2n) is 9.62. The summed E-state index contributed by atoms with van der Waals surface area (Å²) in [7, 11) is 0. The fraction of sp³-hybridized carbons (Fsp3) is 0.367. The average Bonchev–Trinajstić information content (AvgIpc) is 3.17. The van der Waals surface area contributed by atoms with Crippen LogP contribution in [0.15, 0.2) is 60.7 Å². The molecule has 1 atom stereocenters. The summed E-state index contributed by atoms with van der Waals surface area (Å²) in [4.78, 5) is 6.61. The summed E-state index contributed by atoms with van der Waals surface area (Å²) in [5.41, 5.74) is 3.85. The zero-order valence-corrected chi connectivity index (χ0v) is 21.4. The number of hydrogen-bond acceptors (Lipinski definition) is 5. The summed E-state index contributed by atoms with van der Waals surface area (Å²) in [6.45, 7) is 6.37. The van der Waals surface area contributed by atoms with Gasteiger partial charge in [0, 0.05) is 52.4 Å². The van der Waals surface area contributed by atoms with Gasteiger partial charge in [-0.05, 0) is 68.5 Å². The van der Waals surface area contributed by atoms with E-state index in [1.54, 1.807) is 0 Å². The molecule has 1 N–H and O–H groups in total. The first-order valence-electron chi connectivity index (χ1n) is 12.8. The number of benzene rings is 2. The van der Waals surface area contributed by atoms with Gasteiger partial charge in [-0.3, -0.25) is 4.90 Å². The molecular formula is C30H34N4S. The minimum Gasteiger partial charge on any atom is -0.355 e. The molecule has 0 saturated carbocycles. The van der Waals surface area contributed by atoms with E-state index in [1.807, 2.05) is 11.3 Å². The molecule has 0 bridgehead atoms. The normalized spacial score (nSPS) is 17.5. The Morgan fingerprint density at radius 3 is 2.74 bits per heavy atom. The molecule has 1 saturated heterocycles. The van der Waals surface area contributed by atoms with Gasteiger partial charge in [0.2, 0.25) is 0 Å². The number of anilines is 1. The summed E-state index contributed by atoms with van der Waals surface area (Å²) in [6.07, 6.45) is 7.32. The highest BCUT2D eigenvalue weighted by atomic mass is 32.1. The second kappa shape index (κ2) is 11.1. The van der Waals surface area contributed by atoms with Gasteiger partial charge in [0.1, 0.15) is 5.82 Å². The Kier molecular flexibility index (Phi) is 7.51. The Labute approximate surface area is 212 Å². The van der Waals surface area contributed by atoms with Crippen LogP contribution in [-0.4, -0.2) is 42.0 Å². The fourth-order valence-corrected chi connectivity index (χ4v) is 6.28. The molecule has 1 fully saturated rings. The minimum absolute atomic E-state index is 0.492. The van der Waals surface area contributed by atoms with E-state index < -0.39 is 0 Å². The highest BCUT2D eigenvalue weighted by molar-refractivity contribution is 7.09. The average molecular weight is 483 g/mol. The smallest absolute Gasteiger partial charge is 0.115 e. The van der Waals surface area contributed by atoms with Crippen molar-refractivity contribution in [3.63, 3.8) is 0 Å². The largest absolute Gasteiger partial charge is 0.355 e. The van der Waals surface area contributed by atoms with Crippen molar-refractivity contribution < 1.29 is 0 Å². The van der Waals surface area contributed by atoms with Gasteiger partial charge in [0.15, 0.2) is 0 Å². The standard InChI is InChI=1S/C30H34N4S/c1-23-20-27-29(35-23)21-25-12-6-7-13-28(25)32-30(27)34-19-18-33(17-9-3-8-16-31)26(22-34)15-14-24-10-4-2-5-11-24/h2,4-7,10-13,20-21,26,32H,3,8-9,14-15,17-19,22H2,1H3. The molecule has 4 nitrogen and oxygen atoms in total. The number of nitrogens with zero attached hydrogens (tertiary/aromatic N) is 3. The molecule has 2 aliphatic heterocycles. The Balaban J connectivity index is 1.41. The Morgan fingerprint density at radius 1 is 1.06 bits per heavy atom. The first-order chi connectivity index (χ1) is 17.2. The van der Waals surface area contributed by atoms with Crippen LogP contribution >= 0.6 is 11.3 Å². The van der Waals surface area contributed by atoms with Gasteiger partial charge >= 0.3 is 0 Å². The lowest BCUT2D eigenvalue weighted by Crippen LogP contribution is -2.54. The van der Waals surface area contributed by atoms with Crippen molar-refractivity contribution in [3.05, 3.63) is 86.4 Å². The van der Waals surface area contributed by atoms with Crippen molar-refractivity contribution in [2.75, 3.05) is 31.5 Å². The SMILES string of the molecule is Cc1cc2c(s1)=Cc1ccccc1NC=2N1CCN(CCCCC#N)C(CCc2ccccc2)C1. The van der Waals surface area contributed by atoms with Crippen LogP contribution in [0.5, 0.6) is 0 Å². The number of aryl methyl sites for hydroxylation is 2. The zero-order valence-electron chi connectivity index (χ0n) is 20.5. The minimum atomic E-state index is 0.492. The lowest BCUT2D eigenvalue weighted by atomic mass is 10.0. The predicted molar refractivity (Wildman–Crippen MR) is 147 cm³/mol. The van der Waals surface area contributed by atoms with Crippen molar-refractivity contribution in [2.45, 2.75) is 45.1 Å². The Morgan fingerprint density at radius 2 is 1.89 bits per heavy atom. The van der Waals surface area contributed by atoms with Crippen LogP contribution in [-0.2, 0) is 6.42 Å². The molecule has 5 rings (SSSR count). The first-order valence-corrected chi connectivity index (χ1v) is 13.6. The summed E-state index contributed by atoms with van der Waals surface area (Å²) in [5, 5.41) is 14.1. The van der Waals surface area contributed by atoms with Gasteiger partial charge in [-0.2, -0.15) is 5.26 Å². The van der Waals surface area contributed by atoms with Gasteiger partial charge in [0.25, 0.3) is 0 Å². The van der Waals surface area contributed by atoms with Crippen LogP contribution in [0.4, 0.5) is 5.69 Å². The number of para-hydroxylation sites is 1. The summed E-state index contributed by atoms with van der Waals surface area (Å²) >= 11 is 1.88. The van der Waals surface area contributed by atoms with E-state index >= 15 is 0 Å². The van der Waals surface area contributed by atoms with Crippen molar-refractivity contribution in [1.82, 2.24) is 9.80 Å². The number of hydrogen-bond donors (Lipinski definition) is 1. The Hall–Kier alpha value is -3.07. The molecule has 1 unspecified atom stereocenters. The number of piperazine rings is 1. The van der Waals surface area contributed by atoms with E-state index in [4.69, 9.17) is 5.26 Å². The summed E-state index contributed by atoms with van der Waals surface area (Å²) in [6, 6.07) is 24.6. The van der Waals surface area contributed by atoms with Crippen molar-refractivity contribution in [1.29, 1.82) is 5.26 Å². The molecule has 3 heterocycles. The van der Waals surface area contributed by atoms with Crippen molar-refractivity contribution >= 4 is 28.9 Å². The van der Waals surface area contributed by atoms with Gasteiger partial charge < -0.3 is 10.2 Å². The van der Waals surface area contributed by atoms with E-state index in [0.717, 1.165) is 51.9 Å². The number of unbranched alkanes of at least 4 members (excludes halogenated alkanes) is 2. The summed E-state index contributed by atoms with van der Waals surface area (Å²) in [5.74, 6) is 1.25. The lowest BCUT2D eigenvalue weighted by molar-refractivity contribution is 0.0986. The first kappa shape index (κ1) is 23.7. The zero-order chi connectivity index (χ0) is 24.0. The third-order valence-corrected chi connectivity index (χ3v) is 8.15. The molecule has 35 heavy (non-hydrogen) atoms. The number of nitrogens with one attached hydrogen (secondary N) is 1. The van der Waals surface area contributed by atoms with Crippen LogP contribution < -0.4 is 15.1 Å². The summed E-state index contributed by atoms with van der Waals surface area (Å²) < 4.78 is 1.34. The van der Waals surface area contributed by atoms with Crippen LogP contribution in [0.3, 0.4) is 0 Å². The molecule has 2 aliphatic rings. The van der Waals surface area contributed by atoms with Gasteiger partial charge in [-0.25, -0.2) is 0 Å². The van der Waals surface area contributed by atoms with Crippen LogP contribution in [0.1, 0.15) is 41.7 Å². The lowest BCUT2D eigenvalue weighted by Gasteiger charge is -2.43. The third-order valence-electron chi connectivity index (χ3n) is 7.15. The molecule has 0 amide bonds. The number of thiophene rings is 1. The van der Waals surface area contributed by atoms with Gasteiger partial charge in [0.05, 0.1) is 6.07 Å².